The fourth-order valence-electron chi connectivity index (χ4n) is 3.08. The Balaban J connectivity index is 1.57. The molecule has 2 aromatic rings. The van der Waals surface area contributed by atoms with Gasteiger partial charge in [0.25, 0.3) is 0 Å². The molecule has 0 unspecified atom stereocenters. The Labute approximate surface area is 147 Å². The zero-order chi connectivity index (χ0) is 17.6. The first-order chi connectivity index (χ1) is 12.2. The van der Waals surface area contributed by atoms with Gasteiger partial charge < -0.3 is 14.5 Å². The summed E-state index contributed by atoms with van der Waals surface area (Å²) in [6.07, 6.45) is 0.981. The van der Waals surface area contributed by atoms with Crippen LogP contribution in [0.4, 0.5) is 5.69 Å². The highest BCUT2D eigenvalue weighted by Gasteiger charge is 2.27. The van der Waals surface area contributed by atoms with Gasteiger partial charge in [0.05, 0.1) is 7.11 Å². The van der Waals surface area contributed by atoms with Gasteiger partial charge in [0.1, 0.15) is 12.3 Å². The molecule has 0 saturated carbocycles. The molecule has 1 heterocycles. The monoisotopic (exact) mass is 338 g/mol. The Kier molecular flexibility index (Phi) is 5.33. The number of aryl methyl sites for hydroxylation is 1. The van der Waals surface area contributed by atoms with Crippen LogP contribution in [-0.2, 0) is 16.0 Å². The Morgan fingerprint density at radius 2 is 1.76 bits per heavy atom. The van der Waals surface area contributed by atoms with E-state index in [-0.39, 0.29) is 18.4 Å². The van der Waals surface area contributed by atoms with Gasteiger partial charge in [0.15, 0.2) is 0 Å². The number of hydrogen-bond donors (Lipinski definition) is 0. The van der Waals surface area contributed by atoms with Crippen molar-refractivity contribution in [2.24, 2.45) is 0 Å². The maximum absolute atomic E-state index is 12.5. The molecule has 5 nitrogen and oxygen atoms in total. The number of anilines is 1. The van der Waals surface area contributed by atoms with Gasteiger partial charge in [-0.2, -0.15) is 0 Å². The number of hydrogen-bond acceptors (Lipinski definition) is 3. The van der Waals surface area contributed by atoms with Crippen LogP contribution >= 0.6 is 0 Å². The van der Waals surface area contributed by atoms with Crippen LogP contribution < -0.4 is 9.64 Å². The first kappa shape index (κ1) is 17.0. The van der Waals surface area contributed by atoms with Gasteiger partial charge in [0, 0.05) is 25.2 Å². The van der Waals surface area contributed by atoms with E-state index in [0.717, 1.165) is 17.0 Å². The standard InChI is InChI=1S/C20H22N2O3/c1-25-18-10-6-5-7-16(18)11-12-19(23)21-13-14-22(20(24)15-21)17-8-3-2-4-9-17/h2-10H,11-15H2,1H3. The van der Waals surface area contributed by atoms with E-state index in [0.29, 0.717) is 25.9 Å². The van der Waals surface area contributed by atoms with Gasteiger partial charge in [-0.3, -0.25) is 9.59 Å². The average molecular weight is 338 g/mol. The van der Waals surface area contributed by atoms with Crippen molar-refractivity contribution in [1.29, 1.82) is 0 Å². The Morgan fingerprint density at radius 3 is 2.48 bits per heavy atom. The van der Waals surface area contributed by atoms with Crippen molar-refractivity contribution in [3.05, 3.63) is 60.2 Å². The van der Waals surface area contributed by atoms with Crippen molar-refractivity contribution in [3.8, 4) is 5.75 Å². The molecule has 0 bridgehead atoms. The molecular formula is C20H22N2O3. The van der Waals surface area contributed by atoms with Gasteiger partial charge in [-0.25, -0.2) is 0 Å². The quantitative estimate of drug-likeness (QED) is 0.842. The molecule has 1 fully saturated rings. The van der Waals surface area contributed by atoms with E-state index >= 15 is 0 Å². The molecule has 0 aliphatic carbocycles. The van der Waals surface area contributed by atoms with Crippen molar-refractivity contribution in [3.63, 3.8) is 0 Å². The molecular weight excluding hydrogens is 316 g/mol. The number of para-hydroxylation sites is 2. The van der Waals surface area contributed by atoms with Crippen molar-refractivity contribution >= 4 is 17.5 Å². The highest BCUT2D eigenvalue weighted by atomic mass is 16.5. The number of nitrogens with zero attached hydrogens (tertiary/aromatic N) is 2. The first-order valence-electron chi connectivity index (χ1n) is 8.44. The minimum absolute atomic E-state index is 0.00645. The third kappa shape index (κ3) is 3.99. The van der Waals surface area contributed by atoms with Gasteiger partial charge in [-0.1, -0.05) is 36.4 Å². The summed E-state index contributed by atoms with van der Waals surface area (Å²) in [7, 11) is 1.63. The van der Waals surface area contributed by atoms with Gasteiger partial charge in [-0.15, -0.1) is 0 Å². The normalized spacial score (nSPS) is 14.5. The van der Waals surface area contributed by atoms with Crippen molar-refractivity contribution in [2.75, 3.05) is 31.6 Å². The number of rotatable bonds is 5. The van der Waals surface area contributed by atoms with E-state index in [1.807, 2.05) is 54.6 Å². The highest BCUT2D eigenvalue weighted by molar-refractivity contribution is 5.97. The highest BCUT2D eigenvalue weighted by Crippen LogP contribution is 2.20. The van der Waals surface area contributed by atoms with Crippen LogP contribution in [0.2, 0.25) is 0 Å². The average Bonchev–Trinajstić information content (AvgIpc) is 2.67. The number of ether oxygens (including phenoxy) is 1. The predicted octanol–water partition coefficient (Wildman–Crippen LogP) is 2.50. The molecule has 2 amide bonds. The van der Waals surface area contributed by atoms with Crippen LogP contribution in [0.5, 0.6) is 5.75 Å². The molecule has 0 aromatic heterocycles. The second-order valence-electron chi connectivity index (χ2n) is 6.01. The largest absolute Gasteiger partial charge is 0.496 e. The number of methoxy groups -OCH3 is 1. The van der Waals surface area contributed by atoms with E-state index in [4.69, 9.17) is 4.74 Å². The van der Waals surface area contributed by atoms with Gasteiger partial charge >= 0.3 is 0 Å². The minimum atomic E-state index is -0.0388. The van der Waals surface area contributed by atoms with Gasteiger partial charge in [-0.05, 0) is 30.2 Å². The van der Waals surface area contributed by atoms with Crippen LogP contribution in [0.1, 0.15) is 12.0 Å². The first-order valence-corrected chi connectivity index (χ1v) is 8.44. The third-order valence-electron chi connectivity index (χ3n) is 4.44. The third-order valence-corrected chi connectivity index (χ3v) is 4.44. The fourth-order valence-corrected chi connectivity index (χ4v) is 3.08. The summed E-state index contributed by atoms with van der Waals surface area (Å²) in [6, 6.07) is 17.3. The topological polar surface area (TPSA) is 49.9 Å². The summed E-state index contributed by atoms with van der Waals surface area (Å²) < 4.78 is 5.32. The molecule has 2 aromatic carbocycles. The molecule has 0 radical (unpaired) electrons. The fraction of sp³-hybridized carbons (Fsp3) is 0.300. The molecule has 5 heteroatoms. The molecule has 1 aliphatic rings. The molecule has 25 heavy (non-hydrogen) atoms. The van der Waals surface area contributed by atoms with Crippen molar-refractivity contribution in [1.82, 2.24) is 4.90 Å². The van der Waals surface area contributed by atoms with Crippen LogP contribution in [0.3, 0.4) is 0 Å². The van der Waals surface area contributed by atoms with E-state index in [1.54, 1.807) is 16.9 Å². The molecule has 130 valence electrons. The number of carbonyl (C=O) groups excluding carboxylic acids is 2. The van der Waals surface area contributed by atoms with Gasteiger partial charge in [0.2, 0.25) is 11.8 Å². The lowest BCUT2D eigenvalue weighted by Crippen LogP contribution is -2.52. The second kappa shape index (κ2) is 7.83. The SMILES string of the molecule is COc1ccccc1CCC(=O)N1CCN(c2ccccc2)C(=O)C1. The summed E-state index contributed by atoms with van der Waals surface area (Å²) in [4.78, 5) is 28.3. The van der Waals surface area contributed by atoms with Crippen LogP contribution in [0, 0.1) is 0 Å². The summed E-state index contributed by atoms with van der Waals surface area (Å²) in [5.41, 5.74) is 1.89. The summed E-state index contributed by atoms with van der Waals surface area (Å²) in [5, 5.41) is 0. The molecule has 0 spiro atoms. The Hall–Kier alpha value is -2.82. The van der Waals surface area contributed by atoms with E-state index in [9.17, 15) is 9.59 Å². The maximum Gasteiger partial charge on any atom is 0.246 e. The maximum atomic E-state index is 12.5. The Morgan fingerprint density at radius 1 is 1.04 bits per heavy atom. The summed E-state index contributed by atoms with van der Waals surface area (Å²) in [6.45, 7) is 1.23. The molecule has 1 saturated heterocycles. The van der Waals surface area contributed by atoms with Crippen LogP contribution in [0.15, 0.2) is 54.6 Å². The van der Waals surface area contributed by atoms with E-state index < -0.39 is 0 Å². The molecule has 0 N–H and O–H groups in total. The lowest BCUT2D eigenvalue weighted by Gasteiger charge is -2.34. The molecule has 3 rings (SSSR count). The van der Waals surface area contributed by atoms with Crippen LogP contribution in [-0.4, -0.2) is 43.5 Å². The zero-order valence-corrected chi connectivity index (χ0v) is 14.4. The summed E-state index contributed by atoms with van der Waals surface area (Å²) >= 11 is 0. The predicted molar refractivity (Wildman–Crippen MR) is 96.7 cm³/mol. The Bertz CT molecular complexity index is 746. The number of benzene rings is 2. The van der Waals surface area contributed by atoms with E-state index in [2.05, 4.69) is 0 Å². The number of piperazine rings is 1. The number of carbonyl (C=O) groups is 2. The lowest BCUT2D eigenvalue weighted by molar-refractivity contribution is -0.136. The van der Waals surface area contributed by atoms with E-state index in [1.165, 1.54) is 0 Å². The van der Waals surface area contributed by atoms with Crippen LogP contribution in [0.25, 0.3) is 0 Å². The minimum Gasteiger partial charge on any atom is -0.496 e. The van der Waals surface area contributed by atoms with Crippen molar-refractivity contribution < 1.29 is 14.3 Å². The second-order valence-corrected chi connectivity index (χ2v) is 6.01. The number of amides is 2. The molecule has 0 atom stereocenters. The molecule has 1 aliphatic heterocycles. The lowest BCUT2D eigenvalue weighted by atomic mass is 10.1. The zero-order valence-electron chi connectivity index (χ0n) is 14.4. The smallest absolute Gasteiger partial charge is 0.246 e. The summed E-state index contributed by atoms with van der Waals surface area (Å²) in [5.74, 6) is 0.760. The van der Waals surface area contributed by atoms with Crippen molar-refractivity contribution in [2.45, 2.75) is 12.8 Å².